The highest BCUT2D eigenvalue weighted by Gasteiger charge is 2.11. The summed E-state index contributed by atoms with van der Waals surface area (Å²) in [5, 5.41) is 4.05. The predicted octanol–water partition coefficient (Wildman–Crippen LogP) is 2.59. The minimum Gasteiger partial charge on any atom is -0.495 e. The number of halogens is 1. The number of methoxy groups -OCH3 is 1. The number of nitrogens with two attached hydrogens (primary N) is 1. The lowest BCUT2D eigenvalue weighted by atomic mass is 10.1. The van der Waals surface area contributed by atoms with Gasteiger partial charge in [0.15, 0.2) is 0 Å². The van der Waals surface area contributed by atoms with Crippen LogP contribution in [0.25, 0.3) is 0 Å². The molecule has 0 bridgehead atoms. The van der Waals surface area contributed by atoms with Crippen molar-refractivity contribution < 1.29 is 4.74 Å². The number of hydrogen-bond acceptors (Lipinski definition) is 3. The second kappa shape index (κ2) is 6.84. The van der Waals surface area contributed by atoms with E-state index in [1.807, 2.05) is 18.2 Å². The first-order valence-electron chi connectivity index (χ1n) is 5.85. The summed E-state index contributed by atoms with van der Waals surface area (Å²) in [5.41, 5.74) is 6.87. The van der Waals surface area contributed by atoms with Gasteiger partial charge in [0, 0.05) is 12.6 Å². The fourth-order valence-electron chi connectivity index (χ4n) is 1.61. The second-order valence-electron chi connectivity index (χ2n) is 4.48. The van der Waals surface area contributed by atoms with Crippen molar-refractivity contribution in [2.45, 2.75) is 19.9 Å². The van der Waals surface area contributed by atoms with E-state index in [-0.39, 0.29) is 6.04 Å². The highest BCUT2D eigenvalue weighted by molar-refractivity contribution is 6.32. The summed E-state index contributed by atoms with van der Waals surface area (Å²) < 4.78 is 5.13. The van der Waals surface area contributed by atoms with E-state index in [0.717, 1.165) is 12.1 Å². The van der Waals surface area contributed by atoms with Crippen LogP contribution < -0.4 is 15.8 Å². The maximum Gasteiger partial charge on any atom is 0.137 e. The van der Waals surface area contributed by atoms with Gasteiger partial charge in [-0.3, -0.25) is 0 Å². The van der Waals surface area contributed by atoms with Crippen LogP contribution in [-0.2, 0) is 0 Å². The summed E-state index contributed by atoms with van der Waals surface area (Å²) >= 11 is 6.10. The maximum atomic E-state index is 6.10. The molecule has 0 fully saturated rings. The van der Waals surface area contributed by atoms with E-state index in [4.69, 9.17) is 22.1 Å². The van der Waals surface area contributed by atoms with E-state index >= 15 is 0 Å². The number of rotatable bonds is 6. The van der Waals surface area contributed by atoms with E-state index in [1.165, 1.54) is 0 Å². The van der Waals surface area contributed by atoms with E-state index in [1.54, 1.807) is 7.11 Å². The molecule has 0 saturated heterocycles. The Bertz CT molecular complexity index is 355. The molecule has 0 heterocycles. The molecule has 3 nitrogen and oxygen atoms in total. The van der Waals surface area contributed by atoms with Gasteiger partial charge in [0.05, 0.1) is 12.1 Å². The number of hydrogen-bond donors (Lipinski definition) is 2. The van der Waals surface area contributed by atoms with Gasteiger partial charge in [-0.25, -0.2) is 0 Å². The van der Waals surface area contributed by atoms with E-state index in [0.29, 0.717) is 23.2 Å². The molecule has 4 heteroatoms. The molecule has 17 heavy (non-hydrogen) atoms. The highest BCUT2D eigenvalue weighted by Crippen LogP contribution is 2.27. The van der Waals surface area contributed by atoms with Gasteiger partial charge in [0.25, 0.3) is 0 Å². The number of benzene rings is 1. The zero-order chi connectivity index (χ0) is 12.8. The predicted molar refractivity (Wildman–Crippen MR) is 72.6 cm³/mol. The van der Waals surface area contributed by atoms with E-state index in [2.05, 4.69) is 19.2 Å². The third-order valence-corrected chi connectivity index (χ3v) is 2.88. The van der Waals surface area contributed by atoms with Gasteiger partial charge < -0.3 is 15.8 Å². The lowest BCUT2D eigenvalue weighted by Gasteiger charge is -2.19. The molecule has 0 amide bonds. The monoisotopic (exact) mass is 256 g/mol. The summed E-state index contributed by atoms with van der Waals surface area (Å²) in [5.74, 6) is 1.29. The zero-order valence-corrected chi connectivity index (χ0v) is 11.4. The molecule has 1 unspecified atom stereocenters. The second-order valence-corrected chi connectivity index (χ2v) is 4.89. The van der Waals surface area contributed by atoms with Crippen LogP contribution in [0.5, 0.6) is 5.75 Å². The molecule has 1 aromatic rings. The summed E-state index contributed by atoms with van der Waals surface area (Å²) in [7, 11) is 1.61. The summed E-state index contributed by atoms with van der Waals surface area (Å²) in [6.45, 7) is 5.82. The third kappa shape index (κ3) is 4.19. The molecule has 96 valence electrons. The molecule has 0 aliphatic heterocycles. The third-order valence-electron chi connectivity index (χ3n) is 2.59. The summed E-state index contributed by atoms with van der Waals surface area (Å²) in [6.07, 6.45) is 0. The number of nitrogens with one attached hydrogen (secondary N) is 1. The Balaban J connectivity index is 2.78. The van der Waals surface area contributed by atoms with Crippen molar-refractivity contribution in [3.63, 3.8) is 0 Å². The Morgan fingerprint density at radius 2 is 2.12 bits per heavy atom. The molecule has 3 N–H and O–H groups in total. The largest absolute Gasteiger partial charge is 0.495 e. The lowest BCUT2D eigenvalue weighted by molar-refractivity contribution is 0.414. The van der Waals surface area contributed by atoms with Crippen molar-refractivity contribution in [3.05, 3.63) is 28.8 Å². The minimum atomic E-state index is 0.140. The molecule has 0 saturated carbocycles. The fourth-order valence-corrected chi connectivity index (χ4v) is 1.88. The first kappa shape index (κ1) is 14.3. The average molecular weight is 257 g/mol. The average Bonchev–Trinajstić information content (AvgIpc) is 2.29. The molecule has 0 aliphatic rings. The molecule has 1 rings (SSSR count). The normalized spacial score (nSPS) is 12.8. The Hall–Kier alpha value is -0.770. The van der Waals surface area contributed by atoms with Gasteiger partial charge in [-0.2, -0.15) is 0 Å². The van der Waals surface area contributed by atoms with Crippen LogP contribution in [0.4, 0.5) is 0 Å². The zero-order valence-electron chi connectivity index (χ0n) is 10.7. The first-order valence-corrected chi connectivity index (χ1v) is 6.23. The van der Waals surface area contributed by atoms with Gasteiger partial charge >= 0.3 is 0 Å². The van der Waals surface area contributed by atoms with Crippen LogP contribution in [0, 0.1) is 5.92 Å². The van der Waals surface area contributed by atoms with Crippen molar-refractivity contribution in [1.29, 1.82) is 0 Å². The van der Waals surface area contributed by atoms with Crippen molar-refractivity contribution >= 4 is 11.6 Å². The molecule has 0 spiro atoms. The number of ether oxygens (including phenoxy) is 1. The summed E-state index contributed by atoms with van der Waals surface area (Å²) in [4.78, 5) is 0. The van der Waals surface area contributed by atoms with Gasteiger partial charge in [-0.1, -0.05) is 31.5 Å². The Kier molecular flexibility index (Phi) is 5.75. The highest BCUT2D eigenvalue weighted by atomic mass is 35.5. The molecular weight excluding hydrogens is 236 g/mol. The quantitative estimate of drug-likeness (QED) is 0.823. The summed E-state index contributed by atoms with van der Waals surface area (Å²) in [6, 6.07) is 5.92. The Labute approximate surface area is 108 Å². The van der Waals surface area contributed by atoms with E-state index in [9.17, 15) is 0 Å². The van der Waals surface area contributed by atoms with Crippen molar-refractivity contribution in [1.82, 2.24) is 5.32 Å². The van der Waals surface area contributed by atoms with Crippen LogP contribution in [0.15, 0.2) is 18.2 Å². The van der Waals surface area contributed by atoms with Gasteiger partial charge in [0.1, 0.15) is 5.75 Å². The Morgan fingerprint density at radius 1 is 1.41 bits per heavy atom. The SMILES string of the molecule is COc1ccc(C(CN)NCC(C)C)cc1Cl. The molecule has 0 radical (unpaired) electrons. The molecule has 1 atom stereocenters. The molecule has 0 aromatic heterocycles. The lowest BCUT2D eigenvalue weighted by Crippen LogP contribution is -2.30. The van der Waals surface area contributed by atoms with Crippen molar-refractivity contribution in [2.75, 3.05) is 20.2 Å². The molecule has 1 aromatic carbocycles. The van der Waals surface area contributed by atoms with E-state index < -0.39 is 0 Å². The van der Waals surface area contributed by atoms with Crippen molar-refractivity contribution in [2.24, 2.45) is 11.7 Å². The standard InChI is InChI=1S/C13H21ClN2O/c1-9(2)8-16-12(7-15)10-4-5-13(17-3)11(14)6-10/h4-6,9,12,16H,7-8,15H2,1-3H3. The Morgan fingerprint density at radius 3 is 2.59 bits per heavy atom. The van der Waals surface area contributed by atoms with Crippen molar-refractivity contribution in [3.8, 4) is 5.75 Å². The van der Waals surface area contributed by atoms with Gasteiger partial charge in [0.2, 0.25) is 0 Å². The molecular formula is C13H21ClN2O. The van der Waals surface area contributed by atoms with Crippen LogP contribution in [0.1, 0.15) is 25.5 Å². The fraction of sp³-hybridized carbons (Fsp3) is 0.538. The van der Waals surface area contributed by atoms with Crippen LogP contribution in [-0.4, -0.2) is 20.2 Å². The topological polar surface area (TPSA) is 47.3 Å². The van der Waals surface area contributed by atoms with Gasteiger partial charge in [-0.15, -0.1) is 0 Å². The first-order chi connectivity index (χ1) is 8.08. The maximum absolute atomic E-state index is 6.10. The molecule has 0 aliphatic carbocycles. The smallest absolute Gasteiger partial charge is 0.137 e. The van der Waals surface area contributed by atoms with Crippen LogP contribution in [0.3, 0.4) is 0 Å². The van der Waals surface area contributed by atoms with Gasteiger partial charge in [-0.05, 0) is 30.2 Å². The van der Waals surface area contributed by atoms with Crippen LogP contribution in [0.2, 0.25) is 5.02 Å². The van der Waals surface area contributed by atoms with Crippen LogP contribution >= 0.6 is 11.6 Å². The minimum absolute atomic E-state index is 0.140.